The molecule has 1 aliphatic rings. The summed E-state index contributed by atoms with van der Waals surface area (Å²) in [4.78, 5) is 27.0. The molecule has 1 aromatic rings. The van der Waals surface area contributed by atoms with Crippen molar-refractivity contribution in [1.29, 1.82) is 0 Å². The van der Waals surface area contributed by atoms with Crippen LogP contribution in [0.1, 0.15) is 26.3 Å². The number of carbonyl (C=O) groups excluding carboxylic acids is 2. The largest absolute Gasteiger partial charge is 0.328 e. The van der Waals surface area contributed by atoms with Gasteiger partial charge in [-0.15, -0.1) is 0 Å². The second kappa shape index (κ2) is 4.44. The third-order valence-electron chi connectivity index (χ3n) is 2.92. The van der Waals surface area contributed by atoms with E-state index < -0.39 is 5.54 Å². The molecule has 96 valence electrons. The van der Waals surface area contributed by atoms with Crippen molar-refractivity contribution in [2.45, 2.75) is 32.9 Å². The molecule has 0 saturated carbocycles. The van der Waals surface area contributed by atoms with E-state index >= 15 is 0 Å². The van der Waals surface area contributed by atoms with Crippen LogP contribution < -0.4 is 0 Å². The van der Waals surface area contributed by atoms with Gasteiger partial charge >= 0.3 is 6.03 Å². The molecule has 1 aliphatic heterocycles. The molecule has 0 aliphatic carbocycles. The average Bonchev–Trinajstić information content (AvgIpc) is 2.54. The minimum atomic E-state index is -0.459. The van der Waals surface area contributed by atoms with Gasteiger partial charge in [0.2, 0.25) is 0 Å². The van der Waals surface area contributed by atoms with Crippen molar-refractivity contribution in [3.05, 3.63) is 35.9 Å². The van der Waals surface area contributed by atoms with Gasteiger partial charge in [0.05, 0.1) is 0 Å². The molecule has 2 rings (SSSR count). The lowest BCUT2D eigenvalue weighted by Crippen LogP contribution is -2.46. The van der Waals surface area contributed by atoms with Crippen molar-refractivity contribution in [2.75, 3.05) is 6.54 Å². The fraction of sp³-hybridized carbons (Fsp3) is 0.429. The Labute approximate surface area is 107 Å². The molecule has 1 aromatic carbocycles. The van der Waals surface area contributed by atoms with Gasteiger partial charge in [0.25, 0.3) is 5.91 Å². The average molecular weight is 246 g/mol. The normalized spacial score (nSPS) is 16.6. The van der Waals surface area contributed by atoms with Crippen LogP contribution in [0, 0.1) is 0 Å². The first-order valence-electron chi connectivity index (χ1n) is 6.05. The summed E-state index contributed by atoms with van der Waals surface area (Å²) in [6.07, 6.45) is 0. The molecule has 1 saturated heterocycles. The zero-order valence-electron chi connectivity index (χ0n) is 11.0. The Morgan fingerprint density at radius 2 is 1.72 bits per heavy atom. The molecule has 3 amide bonds. The molecule has 0 atom stereocenters. The van der Waals surface area contributed by atoms with Crippen LogP contribution in [0.25, 0.3) is 0 Å². The van der Waals surface area contributed by atoms with E-state index in [4.69, 9.17) is 0 Å². The third-order valence-corrected chi connectivity index (χ3v) is 2.92. The molecular weight excluding hydrogens is 228 g/mol. The number of amides is 3. The summed E-state index contributed by atoms with van der Waals surface area (Å²) < 4.78 is 0. The van der Waals surface area contributed by atoms with E-state index in [-0.39, 0.29) is 18.5 Å². The quantitative estimate of drug-likeness (QED) is 0.751. The summed E-state index contributed by atoms with van der Waals surface area (Å²) in [6, 6.07) is 9.51. The fourth-order valence-electron chi connectivity index (χ4n) is 2.14. The van der Waals surface area contributed by atoms with Gasteiger partial charge in [0.15, 0.2) is 0 Å². The highest BCUT2D eigenvalue weighted by Gasteiger charge is 2.42. The summed E-state index contributed by atoms with van der Waals surface area (Å²) >= 11 is 0. The van der Waals surface area contributed by atoms with E-state index in [1.165, 1.54) is 4.90 Å². The molecule has 18 heavy (non-hydrogen) atoms. The van der Waals surface area contributed by atoms with E-state index in [9.17, 15) is 9.59 Å². The number of nitrogens with zero attached hydrogens (tertiary/aromatic N) is 2. The van der Waals surface area contributed by atoms with Gasteiger partial charge in [0.1, 0.15) is 6.54 Å². The molecular formula is C14H18N2O2. The van der Waals surface area contributed by atoms with Gasteiger partial charge in [-0.2, -0.15) is 0 Å². The standard InChI is InChI=1S/C14H18N2O2/c1-14(2,3)16-12(17)10-15(13(16)18)9-11-7-5-4-6-8-11/h4-8H,9-10H2,1-3H3. The molecule has 0 bridgehead atoms. The van der Waals surface area contributed by atoms with Gasteiger partial charge in [0, 0.05) is 12.1 Å². The van der Waals surface area contributed by atoms with Crippen molar-refractivity contribution in [1.82, 2.24) is 9.80 Å². The van der Waals surface area contributed by atoms with Crippen LogP contribution in [0.3, 0.4) is 0 Å². The topological polar surface area (TPSA) is 40.6 Å². The number of benzene rings is 1. The number of rotatable bonds is 2. The molecule has 0 radical (unpaired) electrons. The van der Waals surface area contributed by atoms with Crippen LogP contribution in [0.2, 0.25) is 0 Å². The summed E-state index contributed by atoms with van der Waals surface area (Å²) in [5.41, 5.74) is 0.578. The Balaban J connectivity index is 2.14. The second-order valence-electron chi connectivity index (χ2n) is 5.52. The van der Waals surface area contributed by atoms with E-state index in [0.29, 0.717) is 6.54 Å². The first kappa shape index (κ1) is 12.6. The molecule has 0 N–H and O–H groups in total. The highest BCUT2D eigenvalue weighted by molar-refractivity contribution is 6.02. The Morgan fingerprint density at radius 1 is 1.11 bits per heavy atom. The molecule has 0 unspecified atom stereocenters. The first-order valence-corrected chi connectivity index (χ1v) is 6.05. The summed E-state index contributed by atoms with van der Waals surface area (Å²) in [7, 11) is 0. The Bertz CT molecular complexity index is 462. The Kier molecular flexibility index (Phi) is 3.11. The maximum absolute atomic E-state index is 12.2. The predicted octanol–water partition coefficient (Wildman–Crippen LogP) is 2.25. The van der Waals surface area contributed by atoms with Gasteiger partial charge in [-0.1, -0.05) is 30.3 Å². The third kappa shape index (κ3) is 2.37. The number of hydrogen-bond acceptors (Lipinski definition) is 2. The Hall–Kier alpha value is -1.84. The first-order chi connectivity index (χ1) is 8.39. The van der Waals surface area contributed by atoms with Crippen LogP contribution in [0.4, 0.5) is 4.79 Å². The molecule has 1 heterocycles. The molecule has 0 spiro atoms. The minimum Gasteiger partial charge on any atom is -0.311 e. The van der Waals surface area contributed by atoms with Gasteiger partial charge in [-0.3, -0.25) is 9.69 Å². The number of hydrogen-bond donors (Lipinski definition) is 0. The summed E-state index contributed by atoms with van der Waals surface area (Å²) in [5.74, 6) is -0.122. The van der Waals surface area contributed by atoms with Crippen LogP contribution in [-0.2, 0) is 11.3 Å². The van der Waals surface area contributed by atoms with E-state index in [1.807, 2.05) is 51.1 Å². The number of imide groups is 1. The van der Waals surface area contributed by atoms with Crippen molar-refractivity contribution in [3.63, 3.8) is 0 Å². The van der Waals surface area contributed by atoms with Crippen LogP contribution in [0.5, 0.6) is 0 Å². The Morgan fingerprint density at radius 3 is 2.22 bits per heavy atom. The zero-order valence-corrected chi connectivity index (χ0v) is 11.0. The highest BCUT2D eigenvalue weighted by Crippen LogP contribution is 2.22. The molecule has 1 fully saturated rings. The van der Waals surface area contributed by atoms with Crippen molar-refractivity contribution in [3.8, 4) is 0 Å². The summed E-state index contributed by atoms with van der Waals surface area (Å²) in [6.45, 7) is 6.27. The maximum Gasteiger partial charge on any atom is 0.328 e. The van der Waals surface area contributed by atoms with E-state index in [2.05, 4.69) is 0 Å². The zero-order chi connectivity index (χ0) is 13.3. The lowest BCUT2D eigenvalue weighted by molar-refractivity contribution is -0.128. The maximum atomic E-state index is 12.2. The smallest absolute Gasteiger partial charge is 0.311 e. The summed E-state index contributed by atoms with van der Waals surface area (Å²) in [5, 5.41) is 0. The SMILES string of the molecule is CC(C)(C)N1C(=O)CN(Cc2ccccc2)C1=O. The van der Waals surface area contributed by atoms with Gasteiger partial charge < -0.3 is 4.90 Å². The fourth-order valence-corrected chi connectivity index (χ4v) is 2.14. The van der Waals surface area contributed by atoms with Crippen LogP contribution in [0.15, 0.2) is 30.3 Å². The van der Waals surface area contributed by atoms with Crippen molar-refractivity contribution in [2.24, 2.45) is 0 Å². The van der Waals surface area contributed by atoms with E-state index in [1.54, 1.807) is 4.90 Å². The van der Waals surface area contributed by atoms with E-state index in [0.717, 1.165) is 5.56 Å². The lowest BCUT2D eigenvalue weighted by atomic mass is 10.1. The number of urea groups is 1. The van der Waals surface area contributed by atoms with Gasteiger partial charge in [-0.25, -0.2) is 4.79 Å². The van der Waals surface area contributed by atoms with Crippen molar-refractivity contribution >= 4 is 11.9 Å². The lowest BCUT2D eigenvalue weighted by Gasteiger charge is -2.29. The molecule has 4 nitrogen and oxygen atoms in total. The minimum absolute atomic E-state index is 0.122. The monoisotopic (exact) mass is 246 g/mol. The van der Waals surface area contributed by atoms with Crippen molar-refractivity contribution < 1.29 is 9.59 Å². The molecule has 4 heteroatoms. The van der Waals surface area contributed by atoms with Crippen LogP contribution in [-0.4, -0.2) is 33.8 Å². The second-order valence-corrected chi connectivity index (χ2v) is 5.52. The van der Waals surface area contributed by atoms with Crippen LogP contribution >= 0.6 is 0 Å². The molecule has 0 aromatic heterocycles. The van der Waals surface area contributed by atoms with Gasteiger partial charge in [-0.05, 0) is 26.3 Å². The predicted molar refractivity (Wildman–Crippen MR) is 68.8 cm³/mol. The highest BCUT2D eigenvalue weighted by atomic mass is 16.2. The number of carbonyl (C=O) groups is 2.